The van der Waals surface area contributed by atoms with E-state index in [1.165, 1.54) is 60.6 Å². The van der Waals surface area contributed by atoms with E-state index in [-0.39, 0.29) is 5.54 Å². The van der Waals surface area contributed by atoms with Crippen molar-refractivity contribution in [2.24, 2.45) is 5.73 Å². The molecule has 2 atom stereocenters. The Morgan fingerprint density at radius 3 is 2.56 bits per heavy atom. The van der Waals surface area contributed by atoms with E-state index in [1.807, 2.05) is 0 Å². The molecule has 34 heavy (non-hydrogen) atoms. The van der Waals surface area contributed by atoms with E-state index >= 15 is 0 Å². The standard InChI is InChI=1S/C31H41N3/c1-31(32)21-12-6-2-3-8-14-26(23-31)25-13-7-4-5-9-15-28(19-18-25)33-22-20-27-24-34-30-17-11-10-16-29(27)30/h4-5,7,9-11,13,15-19,24,26,33-34H,2-3,6,8,12,14,20-23,32H2,1H3. The second-order valence-corrected chi connectivity index (χ2v) is 10.3. The molecule has 2 unspecified atom stereocenters. The quantitative estimate of drug-likeness (QED) is 0.366. The highest BCUT2D eigenvalue weighted by molar-refractivity contribution is 5.83. The van der Waals surface area contributed by atoms with Gasteiger partial charge in [-0.2, -0.15) is 0 Å². The number of para-hydroxylation sites is 1. The Morgan fingerprint density at radius 2 is 1.65 bits per heavy atom. The first-order valence-electron chi connectivity index (χ1n) is 13.1. The second kappa shape index (κ2) is 12.1. The van der Waals surface area contributed by atoms with Gasteiger partial charge in [0.2, 0.25) is 0 Å². The molecule has 4 N–H and O–H groups in total. The zero-order valence-corrected chi connectivity index (χ0v) is 20.7. The van der Waals surface area contributed by atoms with E-state index in [1.54, 1.807) is 0 Å². The summed E-state index contributed by atoms with van der Waals surface area (Å²) in [5, 5.41) is 4.97. The lowest BCUT2D eigenvalue weighted by molar-refractivity contribution is 0.328. The van der Waals surface area contributed by atoms with Gasteiger partial charge in [0.1, 0.15) is 0 Å². The van der Waals surface area contributed by atoms with Gasteiger partial charge in [0.25, 0.3) is 0 Å². The van der Waals surface area contributed by atoms with Crippen molar-refractivity contribution in [3.05, 3.63) is 90.1 Å². The zero-order chi connectivity index (χ0) is 23.6. The number of fused-ring (bicyclic) bond motifs is 1. The van der Waals surface area contributed by atoms with Crippen LogP contribution in [0.3, 0.4) is 0 Å². The maximum Gasteiger partial charge on any atom is 0.0456 e. The van der Waals surface area contributed by atoms with Crippen LogP contribution in [-0.2, 0) is 6.42 Å². The molecule has 1 aliphatic rings. The van der Waals surface area contributed by atoms with Crippen LogP contribution < -0.4 is 11.1 Å². The Labute approximate surface area is 205 Å². The lowest BCUT2D eigenvalue weighted by Crippen LogP contribution is -2.38. The van der Waals surface area contributed by atoms with Crippen LogP contribution in [0.5, 0.6) is 0 Å². The van der Waals surface area contributed by atoms with Gasteiger partial charge in [0.05, 0.1) is 0 Å². The minimum atomic E-state index is -0.0914. The Kier molecular flexibility index (Phi) is 8.65. The van der Waals surface area contributed by atoms with Crippen LogP contribution >= 0.6 is 0 Å². The summed E-state index contributed by atoms with van der Waals surface area (Å²) in [4.78, 5) is 3.38. The molecule has 0 bridgehead atoms. The summed E-state index contributed by atoms with van der Waals surface area (Å²) in [7, 11) is 0. The van der Waals surface area contributed by atoms with Crippen molar-refractivity contribution in [1.82, 2.24) is 4.98 Å². The molecule has 1 heterocycles. The van der Waals surface area contributed by atoms with E-state index in [9.17, 15) is 0 Å². The van der Waals surface area contributed by atoms with Gasteiger partial charge in [-0.15, -0.1) is 0 Å². The van der Waals surface area contributed by atoms with Crippen LogP contribution in [0.4, 0.5) is 5.69 Å². The Hall–Kier alpha value is -2.78. The molecule has 1 aromatic heterocycles. The van der Waals surface area contributed by atoms with Crippen molar-refractivity contribution in [2.75, 3.05) is 11.9 Å². The fourth-order valence-electron chi connectivity index (χ4n) is 5.32. The van der Waals surface area contributed by atoms with E-state index in [0.717, 1.165) is 31.5 Å². The van der Waals surface area contributed by atoms with Gasteiger partial charge in [-0.1, -0.05) is 86.7 Å². The van der Waals surface area contributed by atoms with Crippen LogP contribution in [-0.4, -0.2) is 17.1 Å². The first-order valence-corrected chi connectivity index (χ1v) is 13.1. The lowest BCUT2D eigenvalue weighted by Gasteiger charge is -2.31. The molecular formula is C31H41N3. The van der Waals surface area contributed by atoms with Gasteiger partial charge in [-0.3, -0.25) is 0 Å². The number of anilines is 1. The van der Waals surface area contributed by atoms with E-state index in [2.05, 4.69) is 96.2 Å². The van der Waals surface area contributed by atoms with Gasteiger partial charge in [-0.25, -0.2) is 0 Å². The van der Waals surface area contributed by atoms with E-state index in [0.29, 0.717) is 5.92 Å². The maximum atomic E-state index is 6.76. The minimum absolute atomic E-state index is 0.0914. The number of rotatable bonds is 5. The van der Waals surface area contributed by atoms with Crippen LogP contribution in [0.1, 0.15) is 75.3 Å². The Morgan fingerprint density at radius 1 is 0.882 bits per heavy atom. The van der Waals surface area contributed by atoms with Crippen LogP contribution in [0.15, 0.2) is 79.0 Å². The molecule has 0 spiro atoms. The molecule has 1 aliphatic carbocycles. The summed E-state index contributed by atoms with van der Waals surface area (Å²) in [6, 6.07) is 26.1. The van der Waals surface area contributed by atoms with Gasteiger partial charge < -0.3 is 16.0 Å². The number of nitrogens with two attached hydrogens (primary N) is 1. The summed E-state index contributed by atoms with van der Waals surface area (Å²) < 4.78 is 0. The summed E-state index contributed by atoms with van der Waals surface area (Å²) >= 11 is 0. The van der Waals surface area contributed by atoms with Gasteiger partial charge in [-0.05, 0) is 67.9 Å². The number of aromatic amines is 1. The molecule has 4 rings (SSSR count). The minimum Gasteiger partial charge on any atom is -0.385 e. The van der Waals surface area contributed by atoms with Gasteiger partial charge in [0, 0.05) is 34.9 Å². The van der Waals surface area contributed by atoms with Crippen molar-refractivity contribution in [3.63, 3.8) is 0 Å². The highest BCUT2D eigenvalue weighted by atomic mass is 14.9. The van der Waals surface area contributed by atoms with Crippen LogP contribution in [0.25, 0.3) is 10.9 Å². The van der Waals surface area contributed by atoms with Gasteiger partial charge >= 0.3 is 0 Å². The predicted molar refractivity (Wildman–Crippen MR) is 147 cm³/mol. The molecule has 3 nitrogen and oxygen atoms in total. The van der Waals surface area contributed by atoms with E-state index < -0.39 is 0 Å². The number of benzene rings is 1. The smallest absolute Gasteiger partial charge is 0.0456 e. The van der Waals surface area contributed by atoms with Crippen LogP contribution in [0.2, 0.25) is 0 Å². The number of hydrogen-bond acceptors (Lipinski definition) is 2. The normalized spacial score (nSPS) is 21.5. The molecule has 180 valence electrons. The number of nitrogens with one attached hydrogen (secondary N) is 2. The van der Waals surface area contributed by atoms with Gasteiger partial charge in [0.15, 0.2) is 0 Å². The first kappa shape index (κ1) is 24.3. The zero-order valence-electron chi connectivity index (χ0n) is 20.7. The molecule has 3 aromatic rings. The van der Waals surface area contributed by atoms with Crippen molar-refractivity contribution in [1.29, 1.82) is 0 Å². The Bertz CT molecular complexity index is 1100. The summed E-state index contributed by atoms with van der Waals surface area (Å²) in [5.41, 5.74) is 11.8. The van der Waals surface area contributed by atoms with Crippen molar-refractivity contribution in [2.45, 2.75) is 76.2 Å². The molecule has 1 fully saturated rings. The molecule has 2 aromatic carbocycles. The topological polar surface area (TPSA) is 53.8 Å². The number of hydrogen-bond donors (Lipinski definition) is 3. The molecule has 3 heteroatoms. The molecular weight excluding hydrogens is 414 g/mol. The lowest BCUT2D eigenvalue weighted by atomic mass is 9.79. The fraction of sp³-hybridized carbons (Fsp3) is 0.419. The third-order valence-corrected chi connectivity index (χ3v) is 7.24. The highest BCUT2D eigenvalue weighted by Crippen LogP contribution is 2.33. The fourth-order valence-corrected chi connectivity index (χ4v) is 5.32. The number of aromatic nitrogens is 1. The third kappa shape index (κ3) is 7.11. The second-order valence-electron chi connectivity index (χ2n) is 10.3. The van der Waals surface area contributed by atoms with E-state index in [4.69, 9.17) is 5.73 Å². The average Bonchev–Trinajstić information content (AvgIpc) is 3.24. The van der Waals surface area contributed by atoms with Crippen LogP contribution in [0, 0.1) is 0 Å². The third-order valence-electron chi connectivity index (χ3n) is 7.24. The molecule has 0 saturated heterocycles. The summed E-state index contributed by atoms with van der Waals surface area (Å²) in [6.45, 7) is 3.15. The first-order chi connectivity index (χ1) is 16.6. The molecule has 1 saturated carbocycles. The Balaban J connectivity index is 1.51. The number of H-pyrrole nitrogens is 1. The van der Waals surface area contributed by atoms with Crippen molar-refractivity contribution >= 4 is 16.6 Å². The monoisotopic (exact) mass is 455 g/mol. The highest BCUT2D eigenvalue weighted by Gasteiger charge is 2.25. The summed E-state index contributed by atoms with van der Waals surface area (Å²) in [5.74, 6) is 0.505. The largest absolute Gasteiger partial charge is 0.385 e. The molecule has 0 radical (unpaired) electrons. The molecule has 0 aliphatic heterocycles. The average molecular weight is 456 g/mol. The molecule has 0 amide bonds. The van der Waals surface area contributed by atoms with Crippen molar-refractivity contribution < 1.29 is 0 Å². The SMILES string of the molecule is CC1(N)CCCCCCCC(c2ccccccc(NCCc3c[nH]c4ccccc34)cc2)C1. The maximum absolute atomic E-state index is 6.76. The van der Waals surface area contributed by atoms with Crippen molar-refractivity contribution in [3.8, 4) is 0 Å². The predicted octanol–water partition coefficient (Wildman–Crippen LogP) is 7.88. The summed E-state index contributed by atoms with van der Waals surface area (Å²) in [6.07, 6.45) is 13.1.